The summed E-state index contributed by atoms with van der Waals surface area (Å²) in [6, 6.07) is 21.3. The second kappa shape index (κ2) is 12.7. The predicted octanol–water partition coefficient (Wildman–Crippen LogP) is 4.17. The Kier molecular flexibility index (Phi) is 8.58. The third kappa shape index (κ3) is 6.15. The Morgan fingerprint density at radius 1 is 1.07 bits per heavy atom. The van der Waals surface area contributed by atoms with Gasteiger partial charge in [-0.3, -0.25) is 14.7 Å². The Labute approximate surface area is 262 Å². The van der Waals surface area contributed by atoms with Gasteiger partial charge in [0.05, 0.1) is 17.1 Å². The number of aliphatic hydroxyl groups is 1. The van der Waals surface area contributed by atoms with Gasteiger partial charge in [-0.1, -0.05) is 54.6 Å². The maximum atomic E-state index is 14.1. The Balaban J connectivity index is 1.23. The summed E-state index contributed by atoms with van der Waals surface area (Å²) in [7, 11) is 0. The first kappa shape index (κ1) is 30.3. The van der Waals surface area contributed by atoms with Gasteiger partial charge >= 0.3 is 6.03 Å². The summed E-state index contributed by atoms with van der Waals surface area (Å²) in [6.07, 6.45) is 3.49. The SMILES string of the molecule is Cc1cc(CC(CC(=O)N2CCC(N3Cc4ccccc4NC3=O)CC2)(C(N)=O)C(CO)Cc2ccccc2)cc2cn[nH]c12. The first-order chi connectivity index (χ1) is 21.8. The number of piperidine rings is 1. The normalized spacial score (nSPS) is 17.4. The van der Waals surface area contributed by atoms with Crippen LogP contribution >= 0.6 is 0 Å². The van der Waals surface area contributed by atoms with Crippen molar-refractivity contribution in [1.82, 2.24) is 20.0 Å². The zero-order chi connectivity index (χ0) is 31.6. The largest absolute Gasteiger partial charge is 0.396 e. The molecule has 0 spiro atoms. The molecule has 1 saturated heterocycles. The van der Waals surface area contributed by atoms with Gasteiger partial charge in [-0.15, -0.1) is 0 Å². The zero-order valence-corrected chi connectivity index (χ0v) is 25.5. The summed E-state index contributed by atoms with van der Waals surface area (Å²) in [5, 5.41) is 21.8. The molecule has 0 radical (unpaired) electrons. The van der Waals surface area contributed by atoms with E-state index in [9.17, 15) is 19.5 Å². The summed E-state index contributed by atoms with van der Waals surface area (Å²) in [5.74, 6) is -1.36. The number of rotatable bonds is 10. The van der Waals surface area contributed by atoms with Crippen LogP contribution in [0.4, 0.5) is 10.5 Å². The van der Waals surface area contributed by atoms with Gasteiger partial charge in [0.25, 0.3) is 0 Å². The number of para-hydroxylation sites is 1. The van der Waals surface area contributed by atoms with Crippen LogP contribution in [0.25, 0.3) is 10.9 Å². The maximum absolute atomic E-state index is 14.1. The molecule has 5 N–H and O–H groups in total. The number of nitrogens with one attached hydrogen (secondary N) is 2. The second-order valence-corrected chi connectivity index (χ2v) is 12.5. The van der Waals surface area contributed by atoms with Gasteiger partial charge in [-0.05, 0) is 67.0 Å². The number of nitrogens with two attached hydrogens (primary N) is 1. The highest BCUT2D eigenvalue weighted by atomic mass is 16.3. The van der Waals surface area contributed by atoms with Crippen molar-refractivity contribution in [2.45, 2.75) is 51.6 Å². The summed E-state index contributed by atoms with van der Waals surface area (Å²) >= 11 is 0. The minimum atomic E-state index is -1.33. The molecule has 45 heavy (non-hydrogen) atoms. The van der Waals surface area contributed by atoms with Crippen LogP contribution in [0.3, 0.4) is 0 Å². The van der Waals surface area contributed by atoms with Crippen molar-refractivity contribution < 1.29 is 19.5 Å². The number of aryl methyl sites for hydroxylation is 1. The minimum absolute atomic E-state index is 0.00348. The molecule has 1 aromatic heterocycles. The average molecular weight is 609 g/mol. The van der Waals surface area contributed by atoms with E-state index in [0.29, 0.717) is 38.9 Å². The summed E-state index contributed by atoms with van der Waals surface area (Å²) < 4.78 is 0. The fourth-order valence-corrected chi connectivity index (χ4v) is 7.16. The van der Waals surface area contributed by atoms with Gasteiger partial charge < -0.3 is 26.0 Å². The minimum Gasteiger partial charge on any atom is -0.396 e. The lowest BCUT2D eigenvalue weighted by Crippen LogP contribution is -2.53. The summed E-state index contributed by atoms with van der Waals surface area (Å²) in [5.41, 5.74) is 10.5. The number of urea groups is 1. The molecule has 3 heterocycles. The first-order valence-corrected chi connectivity index (χ1v) is 15.6. The van der Waals surface area contributed by atoms with Crippen LogP contribution in [0, 0.1) is 18.3 Å². The molecular formula is C35H40N6O4. The summed E-state index contributed by atoms with van der Waals surface area (Å²) in [6.45, 7) is 3.13. The quantitative estimate of drug-likeness (QED) is 0.214. The van der Waals surface area contributed by atoms with E-state index in [4.69, 9.17) is 5.73 Å². The molecule has 4 aromatic rings. The lowest BCUT2D eigenvalue weighted by Gasteiger charge is -2.42. The fourth-order valence-electron chi connectivity index (χ4n) is 7.16. The molecule has 1 fully saturated rings. The van der Waals surface area contributed by atoms with Crippen molar-refractivity contribution in [2.75, 3.05) is 25.0 Å². The van der Waals surface area contributed by atoms with Crippen molar-refractivity contribution in [3.63, 3.8) is 0 Å². The van der Waals surface area contributed by atoms with E-state index in [2.05, 4.69) is 15.5 Å². The number of hydrogen-bond acceptors (Lipinski definition) is 5. The third-order valence-corrected chi connectivity index (χ3v) is 9.73. The van der Waals surface area contributed by atoms with Crippen LogP contribution < -0.4 is 11.1 Å². The Hall–Kier alpha value is -4.70. The highest BCUT2D eigenvalue weighted by molar-refractivity contribution is 5.92. The molecule has 0 bridgehead atoms. The van der Waals surface area contributed by atoms with Crippen molar-refractivity contribution in [2.24, 2.45) is 17.1 Å². The van der Waals surface area contributed by atoms with E-state index in [1.807, 2.05) is 78.6 Å². The van der Waals surface area contributed by atoms with Crippen molar-refractivity contribution in [3.05, 3.63) is 95.2 Å². The molecular weight excluding hydrogens is 568 g/mol. The number of amides is 4. The second-order valence-electron chi connectivity index (χ2n) is 12.5. The third-order valence-electron chi connectivity index (χ3n) is 9.73. The monoisotopic (exact) mass is 608 g/mol. The number of nitrogens with zero attached hydrogens (tertiary/aromatic N) is 3. The van der Waals surface area contributed by atoms with Crippen LogP contribution in [-0.2, 0) is 29.0 Å². The Morgan fingerprint density at radius 2 is 1.80 bits per heavy atom. The van der Waals surface area contributed by atoms with E-state index in [0.717, 1.165) is 38.8 Å². The smallest absolute Gasteiger partial charge is 0.322 e. The molecule has 10 heteroatoms. The number of carbonyl (C=O) groups is 3. The summed E-state index contributed by atoms with van der Waals surface area (Å²) in [4.78, 5) is 44.2. The van der Waals surface area contributed by atoms with Crippen LogP contribution in [0.5, 0.6) is 0 Å². The van der Waals surface area contributed by atoms with Crippen molar-refractivity contribution in [3.8, 4) is 0 Å². The molecule has 0 aliphatic carbocycles. The molecule has 2 unspecified atom stereocenters. The zero-order valence-electron chi connectivity index (χ0n) is 25.5. The number of primary amides is 1. The number of hydrogen-bond donors (Lipinski definition) is 4. The number of anilines is 1. The van der Waals surface area contributed by atoms with Gasteiger partial charge in [0.15, 0.2) is 0 Å². The van der Waals surface area contributed by atoms with Crippen molar-refractivity contribution >= 4 is 34.4 Å². The Bertz CT molecular complexity index is 1700. The maximum Gasteiger partial charge on any atom is 0.322 e. The van der Waals surface area contributed by atoms with E-state index in [1.54, 1.807) is 11.1 Å². The molecule has 2 aliphatic rings. The molecule has 10 nitrogen and oxygen atoms in total. The number of aliphatic hydroxyl groups excluding tert-OH is 1. The van der Waals surface area contributed by atoms with Crippen LogP contribution in [-0.4, -0.2) is 68.7 Å². The van der Waals surface area contributed by atoms with Crippen LogP contribution in [0.1, 0.15) is 41.5 Å². The number of aromatic amines is 1. The number of fused-ring (bicyclic) bond motifs is 2. The fraction of sp³-hybridized carbons (Fsp3) is 0.371. The van der Waals surface area contributed by atoms with E-state index < -0.39 is 17.2 Å². The van der Waals surface area contributed by atoms with E-state index >= 15 is 0 Å². The Morgan fingerprint density at radius 3 is 2.53 bits per heavy atom. The van der Waals surface area contributed by atoms with Gasteiger partial charge in [-0.25, -0.2) is 4.79 Å². The lowest BCUT2D eigenvalue weighted by atomic mass is 9.66. The average Bonchev–Trinajstić information content (AvgIpc) is 3.53. The van der Waals surface area contributed by atoms with Gasteiger partial charge in [0.2, 0.25) is 11.8 Å². The lowest BCUT2D eigenvalue weighted by molar-refractivity contribution is -0.144. The van der Waals surface area contributed by atoms with Gasteiger partial charge in [-0.2, -0.15) is 5.10 Å². The number of carbonyl (C=O) groups excluding carboxylic acids is 3. The molecule has 4 amide bonds. The van der Waals surface area contributed by atoms with Gasteiger partial charge in [0, 0.05) is 55.7 Å². The molecule has 2 atom stereocenters. The number of benzene rings is 3. The van der Waals surface area contributed by atoms with Crippen molar-refractivity contribution in [1.29, 1.82) is 0 Å². The molecule has 234 valence electrons. The standard InChI is InChI=1S/C35H40N6O4/c1-23-15-25(16-27-20-37-39-32(23)27)18-35(33(36)44,28(22-42)17-24-7-3-2-4-8-24)19-31(43)40-13-11-29(12-14-40)41-21-26-9-5-6-10-30(26)38-34(41)45/h2-10,15-16,20,28-29,42H,11-14,17-19,21-22H2,1H3,(H2,36,44)(H,37,39)(H,38,45). The molecule has 2 aliphatic heterocycles. The highest BCUT2D eigenvalue weighted by Crippen LogP contribution is 2.40. The number of likely N-dealkylation sites (tertiary alicyclic amines) is 1. The topological polar surface area (TPSA) is 145 Å². The van der Waals surface area contributed by atoms with Gasteiger partial charge in [0.1, 0.15) is 0 Å². The van der Waals surface area contributed by atoms with Crippen LogP contribution in [0.15, 0.2) is 72.9 Å². The number of aromatic nitrogens is 2. The van der Waals surface area contributed by atoms with E-state index in [-0.39, 0.29) is 37.4 Å². The molecule has 6 rings (SSSR count). The molecule has 0 saturated carbocycles. The first-order valence-electron chi connectivity index (χ1n) is 15.6. The van der Waals surface area contributed by atoms with Crippen LogP contribution in [0.2, 0.25) is 0 Å². The molecule has 3 aromatic carbocycles. The highest BCUT2D eigenvalue weighted by Gasteiger charge is 2.47. The predicted molar refractivity (Wildman–Crippen MR) is 172 cm³/mol. The van der Waals surface area contributed by atoms with E-state index in [1.165, 1.54) is 0 Å². The number of H-pyrrole nitrogens is 1.